The molecule has 0 spiro atoms. The molecule has 16 heavy (non-hydrogen) atoms. The number of rotatable bonds is 5. The summed E-state index contributed by atoms with van der Waals surface area (Å²) in [6, 6.07) is 0.271. The minimum atomic E-state index is 0.211. The van der Waals surface area contributed by atoms with Gasteiger partial charge in [-0.1, -0.05) is 20.8 Å². The highest BCUT2D eigenvalue weighted by molar-refractivity contribution is 4.77. The van der Waals surface area contributed by atoms with Crippen molar-refractivity contribution in [3.63, 3.8) is 0 Å². The summed E-state index contributed by atoms with van der Waals surface area (Å²) in [5.74, 6) is 0. The molecule has 96 valence electrons. The molecular weight excluding hydrogens is 200 g/mol. The predicted octanol–water partition coefficient (Wildman–Crippen LogP) is 1.91. The number of ether oxygens (including phenoxy) is 1. The van der Waals surface area contributed by atoms with Gasteiger partial charge in [-0.05, 0) is 37.6 Å². The Balaban J connectivity index is 2.02. The first-order valence-electron chi connectivity index (χ1n) is 6.58. The van der Waals surface area contributed by atoms with E-state index >= 15 is 0 Å². The molecule has 2 atom stereocenters. The molecule has 0 aromatic rings. The van der Waals surface area contributed by atoms with Crippen molar-refractivity contribution in [2.75, 3.05) is 19.7 Å². The summed E-state index contributed by atoms with van der Waals surface area (Å²) in [5.41, 5.74) is 6.31. The number of nitrogens with one attached hydrogen (secondary N) is 1. The average molecular weight is 228 g/mol. The summed E-state index contributed by atoms with van der Waals surface area (Å²) in [6.45, 7) is 9.51. The molecule has 0 aliphatic carbocycles. The van der Waals surface area contributed by atoms with Crippen molar-refractivity contribution in [3.8, 4) is 0 Å². The minimum Gasteiger partial charge on any atom is -0.377 e. The molecule has 3 heteroatoms. The molecule has 0 radical (unpaired) electrons. The Kier molecular flexibility index (Phi) is 5.73. The lowest BCUT2D eigenvalue weighted by atomic mass is 9.85. The van der Waals surface area contributed by atoms with Crippen LogP contribution in [0.4, 0.5) is 0 Å². The zero-order valence-corrected chi connectivity index (χ0v) is 11.1. The molecule has 1 saturated heterocycles. The fraction of sp³-hybridized carbons (Fsp3) is 1.00. The second kappa shape index (κ2) is 6.58. The maximum atomic E-state index is 6.10. The van der Waals surface area contributed by atoms with Gasteiger partial charge in [0.15, 0.2) is 0 Å². The summed E-state index contributed by atoms with van der Waals surface area (Å²) in [6.07, 6.45) is 5.22. The van der Waals surface area contributed by atoms with Gasteiger partial charge in [-0.25, -0.2) is 0 Å². The van der Waals surface area contributed by atoms with Crippen LogP contribution in [-0.4, -0.2) is 31.8 Å². The molecule has 1 fully saturated rings. The predicted molar refractivity (Wildman–Crippen MR) is 68.5 cm³/mol. The molecule has 0 aromatic carbocycles. The topological polar surface area (TPSA) is 47.3 Å². The van der Waals surface area contributed by atoms with Crippen LogP contribution in [0.3, 0.4) is 0 Å². The molecule has 3 nitrogen and oxygen atoms in total. The standard InChI is InChI=1S/C13H28N2O/c1-13(2,3)12(14)7-8-15-10-11-6-4-5-9-16-11/h11-12,15H,4-10,14H2,1-3H3. The van der Waals surface area contributed by atoms with Gasteiger partial charge in [-0.3, -0.25) is 0 Å². The largest absolute Gasteiger partial charge is 0.377 e. The molecule has 2 unspecified atom stereocenters. The Labute approximate surface area is 100 Å². The van der Waals surface area contributed by atoms with E-state index in [0.29, 0.717) is 6.10 Å². The Morgan fingerprint density at radius 3 is 2.69 bits per heavy atom. The maximum Gasteiger partial charge on any atom is 0.0699 e. The number of nitrogens with two attached hydrogens (primary N) is 1. The van der Waals surface area contributed by atoms with Crippen molar-refractivity contribution in [1.82, 2.24) is 5.32 Å². The molecule has 0 bridgehead atoms. The molecule has 3 N–H and O–H groups in total. The van der Waals surface area contributed by atoms with Gasteiger partial charge in [0.05, 0.1) is 6.10 Å². The Morgan fingerprint density at radius 2 is 2.12 bits per heavy atom. The SMILES string of the molecule is CC(C)(C)C(N)CCNCC1CCCCO1. The number of hydrogen-bond acceptors (Lipinski definition) is 3. The molecule has 1 aliphatic heterocycles. The number of hydrogen-bond donors (Lipinski definition) is 2. The highest BCUT2D eigenvalue weighted by Gasteiger charge is 2.20. The Bertz CT molecular complexity index is 183. The van der Waals surface area contributed by atoms with Crippen molar-refractivity contribution < 1.29 is 4.74 Å². The zero-order valence-electron chi connectivity index (χ0n) is 11.1. The lowest BCUT2D eigenvalue weighted by molar-refractivity contribution is 0.0169. The van der Waals surface area contributed by atoms with E-state index in [1.54, 1.807) is 0 Å². The third-order valence-corrected chi connectivity index (χ3v) is 3.39. The summed E-state index contributed by atoms with van der Waals surface area (Å²) in [5, 5.41) is 3.45. The minimum absolute atomic E-state index is 0.211. The van der Waals surface area contributed by atoms with E-state index in [-0.39, 0.29) is 11.5 Å². The monoisotopic (exact) mass is 228 g/mol. The third kappa shape index (κ3) is 5.28. The van der Waals surface area contributed by atoms with Crippen molar-refractivity contribution in [1.29, 1.82) is 0 Å². The van der Waals surface area contributed by atoms with Gasteiger partial charge in [0.25, 0.3) is 0 Å². The van der Waals surface area contributed by atoms with Crippen molar-refractivity contribution >= 4 is 0 Å². The van der Waals surface area contributed by atoms with Crippen LogP contribution in [0.25, 0.3) is 0 Å². The molecule has 1 rings (SSSR count). The first-order chi connectivity index (χ1) is 7.50. The smallest absolute Gasteiger partial charge is 0.0699 e. The van der Waals surface area contributed by atoms with E-state index in [4.69, 9.17) is 10.5 Å². The third-order valence-electron chi connectivity index (χ3n) is 3.39. The summed E-state index contributed by atoms with van der Waals surface area (Å²) in [7, 11) is 0. The fourth-order valence-corrected chi connectivity index (χ4v) is 1.92. The van der Waals surface area contributed by atoms with Crippen LogP contribution in [0.5, 0.6) is 0 Å². The van der Waals surface area contributed by atoms with Crippen molar-refractivity contribution in [2.24, 2.45) is 11.1 Å². The lowest BCUT2D eigenvalue weighted by Gasteiger charge is -2.28. The quantitative estimate of drug-likeness (QED) is 0.707. The first kappa shape index (κ1) is 13.9. The maximum absolute atomic E-state index is 6.10. The van der Waals surface area contributed by atoms with Crippen LogP contribution in [0.1, 0.15) is 46.5 Å². The summed E-state index contributed by atoms with van der Waals surface area (Å²) < 4.78 is 5.66. The fourth-order valence-electron chi connectivity index (χ4n) is 1.92. The van der Waals surface area contributed by atoms with Gasteiger partial charge >= 0.3 is 0 Å². The first-order valence-corrected chi connectivity index (χ1v) is 6.58. The van der Waals surface area contributed by atoms with Crippen LogP contribution >= 0.6 is 0 Å². The normalized spacial score (nSPS) is 24.4. The van der Waals surface area contributed by atoms with E-state index in [2.05, 4.69) is 26.1 Å². The van der Waals surface area contributed by atoms with Gasteiger partial charge in [0.1, 0.15) is 0 Å². The van der Waals surface area contributed by atoms with Gasteiger partial charge in [-0.2, -0.15) is 0 Å². The molecule has 1 aliphatic rings. The second-order valence-electron chi connectivity index (χ2n) is 5.95. The summed E-state index contributed by atoms with van der Waals surface area (Å²) in [4.78, 5) is 0. The molecule has 1 heterocycles. The average Bonchev–Trinajstić information content (AvgIpc) is 2.24. The Hall–Kier alpha value is -0.120. The van der Waals surface area contributed by atoms with Crippen LogP contribution in [0.15, 0.2) is 0 Å². The lowest BCUT2D eigenvalue weighted by Crippen LogP contribution is -2.39. The molecule has 0 saturated carbocycles. The molecule has 0 aromatic heterocycles. The van der Waals surface area contributed by atoms with Crippen molar-refractivity contribution in [2.45, 2.75) is 58.6 Å². The van der Waals surface area contributed by atoms with Crippen LogP contribution < -0.4 is 11.1 Å². The summed E-state index contributed by atoms with van der Waals surface area (Å²) >= 11 is 0. The molecular formula is C13H28N2O. The van der Waals surface area contributed by atoms with Gasteiger partial charge in [0.2, 0.25) is 0 Å². The highest BCUT2D eigenvalue weighted by atomic mass is 16.5. The van der Waals surface area contributed by atoms with E-state index in [9.17, 15) is 0 Å². The van der Waals surface area contributed by atoms with Gasteiger partial charge in [0, 0.05) is 19.2 Å². The van der Waals surface area contributed by atoms with E-state index in [1.165, 1.54) is 19.3 Å². The van der Waals surface area contributed by atoms with E-state index in [1.807, 2.05) is 0 Å². The van der Waals surface area contributed by atoms with Crippen LogP contribution in [-0.2, 0) is 4.74 Å². The second-order valence-corrected chi connectivity index (χ2v) is 5.95. The van der Waals surface area contributed by atoms with Crippen LogP contribution in [0.2, 0.25) is 0 Å². The van der Waals surface area contributed by atoms with E-state index < -0.39 is 0 Å². The van der Waals surface area contributed by atoms with Gasteiger partial charge in [-0.15, -0.1) is 0 Å². The highest BCUT2D eigenvalue weighted by Crippen LogP contribution is 2.19. The molecule has 0 amide bonds. The Morgan fingerprint density at radius 1 is 1.38 bits per heavy atom. The van der Waals surface area contributed by atoms with Gasteiger partial charge < -0.3 is 15.8 Å². The van der Waals surface area contributed by atoms with E-state index in [0.717, 1.165) is 26.1 Å². The van der Waals surface area contributed by atoms with Crippen molar-refractivity contribution in [3.05, 3.63) is 0 Å². The van der Waals surface area contributed by atoms with Crippen LogP contribution in [0, 0.1) is 5.41 Å². The zero-order chi connectivity index (χ0) is 12.0.